The van der Waals surface area contributed by atoms with Crippen molar-refractivity contribution in [2.24, 2.45) is 11.7 Å². The van der Waals surface area contributed by atoms with Gasteiger partial charge in [0.1, 0.15) is 5.82 Å². The van der Waals surface area contributed by atoms with Gasteiger partial charge in [0.2, 0.25) is 5.95 Å². The van der Waals surface area contributed by atoms with Crippen LogP contribution in [0.2, 0.25) is 0 Å². The molecule has 7 nitrogen and oxygen atoms in total. The highest BCUT2D eigenvalue weighted by Crippen LogP contribution is 2.27. The van der Waals surface area contributed by atoms with Gasteiger partial charge < -0.3 is 21.5 Å². The molecule has 1 heterocycles. The Hall–Kier alpha value is -1.89. The number of rotatable bonds is 5. The Labute approximate surface area is 124 Å². The summed E-state index contributed by atoms with van der Waals surface area (Å²) in [5.41, 5.74) is 5.63. The van der Waals surface area contributed by atoms with E-state index in [1.807, 2.05) is 13.8 Å². The summed E-state index contributed by atoms with van der Waals surface area (Å²) in [4.78, 5) is 19.8. The molecule has 1 fully saturated rings. The van der Waals surface area contributed by atoms with Gasteiger partial charge in [0, 0.05) is 18.8 Å². The molecule has 1 aromatic rings. The lowest BCUT2D eigenvalue weighted by Crippen LogP contribution is -2.35. The zero-order chi connectivity index (χ0) is 15.4. The summed E-state index contributed by atoms with van der Waals surface area (Å²) in [6.45, 7) is 4.68. The molecular formula is C14H23N5O2. The Bertz CT molecular complexity index is 508. The van der Waals surface area contributed by atoms with Crippen molar-refractivity contribution in [2.45, 2.75) is 45.3 Å². The van der Waals surface area contributed by atoms with Gasteiger partial charge in [0.25, 0.3) is 5.91 Å². The molecule has 1 aromatic heterocycles. The zero-order valence-corrected chi connectivity index (χ0v) is 12.5. The third-order valence-electron chi connectivity index (χ3n) is 3.88. The number of nitrogens with zero attached hydrogens (tertiary/aromatic N) is 2. The highest BCUT2D eigenvalue weighted by atomic mass is 16.3. The number of amides is 1. The minimum absolute atomic E-state index is 0.0821. The molecule has 0 radical (unpaired) electrons. The molecule has 116 valence electrons. The van der Waals surface area contributed by atoms with Crippen LogP contribution in [0.1, 0.15) is 43.5 Å². The maximum atomic E-state index is 11.5. The number of aliphatic hydroxyl groups is 1. The smallest absolute Gasteiger partial charge is 0.254 e. The SMILES string of the molecule is CCNc1ncc(C(N)=O)c(NC2CC[C@@H](C)[C@H](O)C2)n1. The predicted molar refractivity (Wildman–Crippen MR) is 81.1 cm³/mol. The van der Waals surface area contributed by atoms with Crippen LogP contribution in [0.5, 0.6) is 0 Å². The molecule has 21 heavy (non-hydrogen) atoms. The van der Waals surface area contributed by atoms with Crippen LogP contribution in [0.4, 0.5) is 11.8 Å². The first kappa shape index (κ1) is 15.5. The number of primary amides is 1. The topological polar surface area (TPSA) is 113 Å². The number of hydrogen-bond acceptors (Lipinski definition) is 6. The molecule has 5 N–H and O–H groups in total. The number of hydrogen-bond donors (Lipinski definition) is 4. The largest absolute Gasteiger partial charge is 0.393 e. The number of carbonyl (C=O) groups is 1. The molecule has 2 rings (SSSR count). The monoisotopic (exact) mass is 293 g/mol. The molecule has 0 aliphatic heterocycles. The van der Waals surface area contributed by atoms with Crippen LogP contribution >= 0.6 is 0 Å². The van der Waals surface area contributed by atoms with Crippen LogP contribution in [0.25, 0.3) is 0 Å². The van der Waals surface area contributed by atoms with Crippen molar-refractivity contribution in [1.29, 1.82) is 0 Å². The van der Waals surface area contributed by atoms with Crippen LogP contribution < -0.4 is 16.4 Å². The highest BCUT2D eigenvalue weighted by Gasteiger charge is 2.27. The van der Waals surface area contributed by atoms with E-state index in [1.165, 1.54) is 6.20 Å². The lowest BCUT2D eigenvalue weighted by molar-refractivity contribution is 0.0739. The minimum Gasteiger partial charge on any atom is -0.393 e. The number of aromatic nitrogens is 2. The molecule has 7 heteroatoms. The minimum atomic E-state index is -0.565. The molecule has 1 saturated carbocycles. The Kier molecular flexibility index (Phi) is 4.95. The molecule has 0 aromatic carbocycles. The Morgan fingerprint density at radius 2 is 2.29 bits per heavy atom. The van der Waals surface area contributed by atoms with Crippen molar-refractivity contribution in [1.82, 2.24) is 9.97 Å². The van der Waals surface area contributed by atoms with E-state index in [1.54, 1.807) is 0 Å². The van der Waals surface area contributed by atoms with Gasteiger partial charge in [-0.2, -0.15) is 4.98 Å². The normalized spacial score (nSPS) is 25.4. The molecule has 1 amide bonds. The van der Waals surface area contributed by atoms with E-state index in [2.05, 4.69) is 20.6 Å². The quantitative estimate of drug-likeness (QED) is 0.643. The number of nitrogens with two attached hydrogens (primary N) is 1. The van der Waals surface area contributed by atoms with E-state index in [0.717, 1.165) is 12.8 Å². The van der Waals surface area contributed by atoms with Crippen molar-refractivity contribution in [2.75, 3.05) is 17.2 Å². The summed E-state index contributed by atoms with van der Waals surface area (Å²) in [5.74, 6) is 0.626. The number of nitrogens with one attached hydrogen (secondary N) is 2. The zero-order valence-electron chi connectivity index (χ0n) is 12.5. The van der Waals surface area contributed by atoms with Gasteiger partial charge in [0.15, 0.2) is 0 Å². The first-order valence-corrected chi connectivity index (χ1v) is 7.36. The lowest BCUT2D eigenvalue weighted by atomic mass is 9.85. The summed E-state index contributed by atoms with van der Waals surface area (Å²) in [6, 6.07) is 0.0821. The highest BCUT2D eigenvalue weighted by molar-refractivity contribution is 5.97. The van der Waals surface area contributed by atoms with Gasteiger partial charge in [-0.25, -0.2) is 4.98 Å². The van der Waals surface area contributed by atoms with Gasteiger partial charge in [-0.1, -0.05) is 6.92 Å². The molecular weight excluding hydrogens is 270 g/mol. The second-order valence-corrected chi connectivity index (χ2v) is 5.55. The van der Waals surface area contributed by atoms with Gasteiger partial charge >= 0.3 is 0 Å². The number of carbonyl (C=O) groups excluding carboxylic acids is 1. The summed E-state index contributed by atoms with van der Waals surface area (Å²) < 4.78 is 0. The fraction of sp³-hybridized carbons (Fsp3) is 0.643. The lowest BCUT2D eigenvalue weighted by Gasteiger charge is -2.32. The average molecular weight is 293 g/mol. The second kappa shape index (κ2) is 6.71. The third-order valence-corrected chi connectivity index (χ3v) is 3.88. The summed E-state index contributed by atoms with van der Waals surface area (Å²) in [5, 5.41) is 16.2. The van der Waals surface area contributed by atoms with Crippen LogP contribution in [0.15, 0.2) is 6.20 Å². The van der Waals surface area contributed by atoms with Crippen LogP contribution in [-0.4, -0.2) is 39.7 Å². The molecule has 1 aliphatic carbocycles. The van der Waals surface area contributed by atoms with E-state index in [9.17, 15) is 9.90 Å². The Balaban J connectivity index is 2.16. The van der Waals surface area contributed by atoms with E-state index >= 15 is 0 Å². The number of anilines is 2. The van der Waals surface area contributed by atoms with Crippen LogP contribution in [-0.2, 0) is 0 Å². The summed E-state index contributed by atoms with van der Waals surface area (Å²) >= 11 is 0. The van der Waals surface area contributed by atoms with Gasteiger partial charge in [-0.3, -0.25) is 4.79 Å². The maximum Gasteiger partial charge on any atom is 0.254 e. The first-order valence-electron chi connectivity index (χ1n) is 7.36. The maximum absolute atomic E-state index is 11.5. The van der Waals surface area contributed by atoms with Gasteiger partial charge in [0.05, 0.1) is 11.7 Å². The van der Waals surface area contributed by atoms with Gasteiger partial charge in [-0.15, -0.1) is 0 Å². The van der Waals surface area contributed by atoms with Crippen LogP contribution in [0.3, 0.4) is 0 Å². The predicted octanol–water partition coefficient (Wildman–Crippen LogP) is 0.969. The molecule has 0 saturated heterocycles. The van der Waals surface area contributed by atoms with E-state index in [4.69, 9.17) is 5.73 Å². The molecule has 0 spiro atoms. The Morgan fingerprint density at radius 1 is 1.52 bits per heavy atom. The second-order valence-electron chi connectivity index (χ2n) is 5.55. The van der Waals surface area contributed by atoms with Gasteiger partial charge in [-0.05, 0) is 32.1 Å². The van der Waals surface area contributed by atoms with Crippen molar-refractivity contribution in [3.05, 3.63) is 11.8 Å². The van der Waals surface area contributed by atoms with Crippen molar-refractivity contribution < 1.29 is 9.90 Å². The van der Waals surface area contributed by atoms with Crippen molar-refractivity contribution in [3.63, 3.8) is 0 Å². The van der Waals surface area contributed by atoms with E-state index < -0.39 is 5.91 Å². The summed E-state index contributed by atoms with van der Waals surface area (Å²) in [6.07, 6.45) is 3.60. The summed E-state index contributed by atoms with van der Waals surface area (Å²) in [7, 11) is 0. The third kappa shape index (κ3) is 3.81. The van der Waals surface area contributed by atoms with E-state index in [-0.39, 0.29) is 17.7 Å². The van der Waals surface area contributed by atoms with Crippen LogP contribution in [0, 0.1) is 5.92 Å². The molecule has 0 bridgehead atoms. The molecule has 1 unspecified atom stereocenters. The average Bonchev–Trinajstić information content (AvgIpc) is 2.43. The van der Waals surface area contributed by atoms with Crippen molar-refractivity contribution >= 4 is 17.7 Å². The van der Waals surface area contributed by atoms with E-state index in [0.29, 0.717) is 30.6 Å². The fourth-order valence-corrected chi connectivity index (χ4v) is 2.54. The molecule has 1 aliphatic rings. The first-order chi connectivity index (χ1) is 10.0. The fourth-order valence-electron chi connectivity index (χ4n) is 2.54. The Morgan fingerprint density at radius 3 is 2.90 bits per heavy atom. The standard InChI is InChI=1S/C14H23N5O2/c1-3-16-14-17-7-10(12(15)21)13(19-14)18-9-5-4-8(2)11(20)6-9/h7-9,11,20H,3-6H2,1-2H3,(H2,15,21)(H2,16,17,18,19)/t8-,9?,11-/m1/s1. The number of aliphatic hydroxyl groups excluding tert-OH is 1. The van der Waals surface area contributed by atoms with Crippen molar-refractivity contribution in [3.8, 4) is 0 Å². The molecule has 3 atom stereocenters.